The molecule has 2 rings (SSSR count). The van der Waals surface area contributed by atoms with E-state index in [4.69, 9.17) is 18.0 Å². The summed E-state index contributed by atoms with van der Waals surface area (Å²) in [7, 11) is 1.37. The van der Waals surface area contributed by atoms with Crippen LogP contribution in [0.4, 0.5) is 10.5 Å². The van der Waals surface area contributed by atoms with Crippen molar-refractivity contribution in [3.8, 4) is 0 Å². The molecule has 0 saturated carbocycles. The summed E-state index contributed by atoms with van der Waals surface area (Å²) in [5.41, 5.74) is 8.77. The normalized spacial score (nSPS) is 17.9. The minimum Gasteiger partial charge on any atom is -0.453 e. The zero-order chi connectivity index (χ0) is 14.7. The lowest BCUT2D eigenvalue weighted by molar-refractivity contribution is 0.167. The Bertz CT molecular complexity index is 533. The Morgan fingerprint density at radius 3 is 2.90 bits per heavy atom. The maximum absolute atomic E-state index is 11.2. The highest BCUT2D eigenvalue weighted by atomic mass is 32.1. The van der Waals surface area contributed by atoms with Crippen LogP contribution in [0.2, 0.25) is 0 Å². The monoisotopic (exact) mass is 293 g/mol. The highest BCUT2D eigenvalue weighted by Crippen LogP contribution is 2.23. The molecule has 1 heterocycles. The van der Waals surface area contributed by atoms with Gasteiger partial charge in [-0.2, -0.15) is 0 Å². The fourth-order valence-electron chi connectivity index (χ4n) is 2.46. The van der Waals surface area contributed by atoms with Gasteiger partial charge in [-0.15, -0.1) is 0 Å². The molecule has 0 aromatic heterocycles. The van der Waals surface area contributed by atoms with Crippen LogP contribution in [0.5, 0.6) is 0 Å². The molecular weight excluding hydrogens is 274 g/mol. The Hall–Kier alpha value is -1.82. The topological polar surface area (TPSA) is 67.6 Å². The highest BCUT2D eigenvalue weighted by Gasteiger charge is 2.24. The van der Waals surface area contributed by atoms with E-state index in [0.717, 1.165) is 36.3 Å². The second kappa shape index (κ2) is 6.09. The molecule has 0 aliphatic carbocycles. The van der Waals surface area contributed by atoms with Crippen molar-refractivity contribution in [2.45, 2.75) is 19.4 Å². The van der Waals surface area contributed by atoms with Crippen molar-refractivity contribution in [2.75, 3.05) is 25.1 Å². The van der Waals surface area contributed by atoms with Crippen LogP contribution >= 0.6 is 12.2 Å². The van der Waals surface area contributed by atoms with E-state index in [1.807, 2.05) is 19.1 Å². The number of benzene rings is 1. The Morgan fingerprint density at radius 1 is 1.55 bits per heavy atom. The summed E-state index contributed by atoms with van der Waals surface area (Å²) >= 11 is 5.01. The third-order valence-electron chi connectivity index (χ3n) is 3.54. The maximum atomic E-state index is 11.2. The van der Waals surface area contributed by atoms with E-state index in [-0.39, 0.29) is 12.1 Å². The van der Waals surface area contributed by atoms with Gasteiger partial charge in [0.15, 0.2) is 0 Å². The van der Waals surface area contributed by atoms with Gasteiger partial charge in [-0.1, -0.05) is 12.2 Å². The lowest BCUT2D eigenvalue weighted by Gasteiger charge is -2.20. The molecule has 6 heteroatoms. The van der Waals surface area contributed by atoms with Crippen LogP contribution in [0.3, 0.4) is 0 Å². The molecule has 1 fully saturated rings. The second-order valence-electron chi connectivity index (χ2n) is 4.93. The van der Waals surface area contributed by atoms with E-state index in [1.165, 1.54) is 7.11 Å². The Morgan fingerprint density at radius 2 is 2.30 bits per heavy atom. The predicted molar refractivity (Wildman–Crippen MR) is 83.2 cm³/mol. The molecule has 1 amide bonds. The van der Waals surface area contributed by atoms with Crippen molar-refractivity contribution in [3.63, 3.8) is 0 Å². The van der Waals surface area contributed by atoms with Gasteiger partial charge in [-0.05, 0) is 37.1 Å². The van der Waals surface area contributed by atoms with Gasteiger partial charge in [0.25, 0.3) is 0 Å². The number of anilines is 1. The summed E-state index contributed by atoms with van der Waals surface area (Å²) < 4.78 is 4.62. The Labute approximate surface area is 124 Å². The average molecular weight is 293 g/mol. The number of nitrogens with two attached hydrogens (primary N) is 1. The van der Waals surface area contributed by atoms with Gasteiger partial charge in [-0.3, -0.25) is 0 Å². The number of hydrogen-bond donors (Lipinski definition) is 2. The summed E-state index contributed by atoms with van der Waals surface area (Å²) in [5.74, 6) is 0. The van der Waals surface area contributed by atoms with E-state index in [1.54, 1.807) is 0 Å². The number of alkyl carbamates (subject to hydrolysis) is 1. The molecule has 1 aliphatic rings. The van der Waals surface area contributed by atoms with E-state index in [2.05, 4.69) is 21.0 Å². The molecule has 0 bridgehead atoms. The van der Waals surface area contributed by atoms with Crippen molar-refractivity contribution < 1.29 is 9.53 Å². The standard InChI is InChI=1S/C14H19N3O2S/c1-9-7-11(3-4-12(9)13(15)20)17-6-5-10(8-17)16-14(18)19-2/h3-4,7,10H,5-6,8H2,1-2H3,(H2,15,20)(H,16,18). The second-order valence-corrected chi connectivity index (χ2v) is 5.37. The van der Waals surface area contributed by atoms with Gasteiger partial charge < -0.3 is 20.7 Å². The number of nitrogens with zero attached hydrogens (tertiary/aromatic N) is 1. The average Bonchev–Trinajstić information content (AvgIpc) is 2.86. The van der Waals surface area contributed by atoms with Gasteiger partial charge in [0.2, 0.25) is 0 Å². The first-order chi connectivity index (χ1) is 9.51. The summed E-state index contributed by atoms with van der Waals surface area (Å²) in [6.45, 7) is 3.68. The summed E-state index contributed by atoms with van der Waals surface area (Å²) in [6.07, 6.45) is 0.530. The number of hydrogen-bond acceptors (Lipinski definition) is 4. The smallest absolute Gasteiger partial charge is 0.407 e. The molecule has 1 unspecified atom stereocenters. The number of rotatable bonds is 3. The number of aryl methyl sites for hydroxylation is 1. The van der Waals surface area contributed by atoms with Crippen LogP contribution in [0.25, 0.3) is 0 Å². The zero-order valence-corrected chi connectivity index (χ0v) is 12.5. The molecule has 5 nitrogen and oxygen atoms in total. The minimum atomic E-state index is -0.378. The highest BCUT2D eigenvalue weighted by molar-refractivity contribution is 7.80. The van der Waals surface area contributed by atoms with Crippen LogP contribution in [-0.4, -0.2) is 37.3 Å². The number of ether oxygens (including phenoxy) is 1. The van der Waals surface area contributed by atoms with Crippen LogP contribution in [0.15, 0.2) is 18.2 Å². The van der Waals surface area contributed by atoms with Gasteiger partial charge in [-0.25, -0.2) is 4.79 Å². The summed E-state index contributed by atoms with van der Waals surface area (Å²) in [4.78, 5) is 13.9. The zero-order valence-electron chi connectivity index (χ0n) is 11.7. The largest absolute Gasteiger partial charge is 0.453 e. The predicted octanol–water partition coefficient (Wildman–Crippen LogP) is 1.56. The van der Waals surface area contributed by atoms with Gasteiger partial charge in [0.05, 0.1) is 13.2 Å². The molecule has 0 radical (unpaired) electrons. The van der Waals surface area contributed by atoms with E-state index < -0.39 is 0 Å². The lowest BCUT2D eigenvalue weighted by atomic mass is 10.1. The first-order valence-corrected chi connectivity index (χ1v) is 6.92. The number of methoxy groups -OCH3 is 1. The molecule has 0 spiro atoms. The van der Waals surface area contributed by atoms with Crippen LogP contribution in [0.1, 0.15) is 17.5 Å². The number of nitrogens with one attached hydrogen (secondary N) is 1. The van der Waals surface area contributed by atoms with Crippen LogP contribution < -0.4 is 16.0 Å². The van der Waals surface area contributed by atoms with Crippen molar-refractivity contribution in [1.29, 1.82) is 0 Å². The molecule has 1 aliphatic heterocycles. The molecule has 1 aromatic rings. The quantitative estimate of drug-likeness (QED) is 0.828. The Kier molecular flexibility index (Phi) is 4.44. The van der Waals surface area contributed by atoms with Gasteiger partial charge >= 0.3 is 6.09 Å². The molecule has 1 saturated heterocycles. The van der Waals surface area contributed by atoms with Crippen molar-refractivity contribution in [3.05, 3.63) is 29.3 Å². The number of carbonyl (C=O) groups is 1. The summed E-state index contributed by atoms with van der Waals surface area (Å²) in [5, 5.41) is 2.83. The molecule has 1 aromatic carbocycles. The number of carbonyl (C=O) groups excluding carboxylic acids is 1. The fraction of sp³-hybridized carbons (Fsp3) is 0.429. The van der Waals surface area contributed by atoms with Crippen LogP contribution in [-0.2, 0) is 4.74 Å². The fourth-order valence-corrected chi connectivity index (χ4v) is 2.69. The minimum absolute atomic E-state index is 0.123. The number of thiocarbonyl (C=S) groups is 1. The molecular formula is C14H19N3O2S. The van der Waals surface area contributed by atoms with E-state index >= 15 is 0 Å². The lowest BCUT2D eigenvalue weighted by Crippen LogP contribution is -2.36. The van der Waals surface area contributed by atoms with E-state index in [0.29, 0.717) is 4.99 Å². The molecule has 20 heavy (non-hydrogen) atoms. The van der Waals surface area contributed by atoms with Crippen LogP contribution in [0, 0.1) is 6.92 Å². The van der Waals surface area contributed by atoms with E-state index in [9.17, 15) is 4.79 Å². The van der Waals surface area contributed by atoms with Gasteiger partial charge in [0, 0.05) is 24.3 Å². The first-order valence-electron chi connectivity index (χ1n) is 6.51. The molecule has 3 N–H and O–H groups in total. The molecule has 108 valence electrons. The SMILES string of the molecule is COC(=O)NC1CCN(c2ccc(C(N)=S)c(C)c2)C1. The number of amides is 1. The summed E-state index contributed by atoms with van der Waals surface area (Å²) in [6, 6.07) is 6.17. The van der Waals surface area contributed by atoms with Crippen molar-refractivity contribution in [2.24, 2.45) is 5.73 Å². The molecule has 1 atom stereocenters. The first kappa shape index (κ1) is 14.6. The maximum Gasteiger partial charge on any atom is 0.407 e. The third-order valence-corrected chi connectivity index (χ3v) is 3.76. The van der Waals surface area contributed by atoms with Crippen molar-refractivity contribution in [1.82, 2.24) is 5.32 Å². The van der Waals surface area contributed by atoms with Crippen molar-refractivity contribution >= 4 is 29.0 Å². The Balaban J connectivity index is 2.05. The third kappa shape index (κ3) is 3.19. The van der Waals surface area contributed by atoms with Gasteiger partial charge in [0.1, 0.15) is 4.99 Å².